The second-order valence-corrected chi connectivity index (χ2v) is 7.38. The van der Waals surface area contributed by atoms with Gasteiger partial charge in [0.25, 0.3) is 0 Å². The van der Waals surface area contributed by atoms with Crippen molar-refractivity contribution in [1.29, 1.82) is 0 Å². The molecule has 6 nitrogen and oxygen atoms in total. The Morgan fingerprint density at radius 2 is 1.83 bits per heavy atom. The summed E-state index contributed by atoms with van der Waals surface area (Å²) in [6, 6.07) is 0.388. The van der Waals surface area contributed by atoms with Gasteiger partial charge >= 0.3 is 0 Å². The molecule has 1 saturated carbocycles. The maximum Gasteiger partial charge on any atom is 0.227 e. The van der Waals surface area contributed by atoms with Gasteiger partial charge in [0.1, 0.15) is 0 Å². The third kappa shape index (κ3) is 4.09. The van der Waals surface area contributed by atoms with Crippen LogP contribution in [0.5, 0.6) is 0 Å². The fourth-order valence-corrected chi connectivity index (χ4v) is 4.31. The first kappa shape index (κ1) is 17.7. The predicted molar refractivity (Wildman–Crippen MR) is 91.6 cm³/mol. The van der Waals surface area contributed by atoms with Gasteiger partial charge in [-0.05, 0) is 19.3 Å². The number of carbonyl (C=O) groups is 2. The van der Waals surface area contributed by atoms with E-state index in [1.165, 1.54) is 12.8 Å². The zero-order valence-corrected chi connectivity index (χ0v) is 14.9. The molecule has 2 amide bonds. The molecular formula is C18H31N3O3. The molecule has 0 aromatic rings. The summed E-state index contributed by atoms with van der Waals surface area (Å²) >= 11 is 0. The van der Waals surface area contributed by atoms with Gasteiger partial charge in [0.2, 0.25) is 11.8 Å². The van der Waals surface area contributed by atoms with Gasteiger partial charge in [-0.15, -0.1) is 0 Å². The van der Waals surface area contributed by atoms with Crippen LogP contribution in [0.1, 0.15) is 38.5 Å². The van der Waals surface area contributed by atoms with E-state index in [1.54, 1.807) is 7.11 Å². The summed E-state index contributed by atoms with van der Waals surface area (Å²) in [6.45, 7) is 5.78. The molecule has 2 heterocycles. The topological polar surface area (TPSA) is 53.1 Å². The molecule has 0 N–H and O–H groups in total. The molecule has 0 bridgehead atoms. The Kier molecular flexibility index (Phi) is 6.11. The van der Waals surface area contributed by atoms with Crippen molar-refractivity contribution in [2.45, 2.75) is 44.6 Å². The van der Waals surface area contributed by atoms with Gasteiger partial charge in [-0.25, -0.2) is 0 Å². The number of hydrogen-bond acceptors (Lipinski definition) is 4. The molecule has 3 aliphatic rings. The number of piperazine rings is 1. The van der Waals surface area contributed by atoms with E-state index in [0.29, 0.717) is 19.0 Å². The number of amides is 2. The van der Waals surface area contributed by atoms with Crippen molar-refractivity contribution in [3.63, 3.8) is 0 Å². The third-order valence-corrected chi connectivity index (χ3v) is 5.85. The standard InChI is InChI=1S/C18H31N3O3/c1-24-13-12-19-8-10-20(11-9-19)18(23)15-6-7-17(22)21(14-15)16-4-2-3-5-16/h15-16H,2-14H2,1H3/t15-/m1/s1. The first-order chi connectivity index (χ1) is 11.7. The van der Waals surface area contributed by atoms with Crippen molar-refractivity contribution >= 4 is 11.8 Å². The van der Waals surface area contributed by atoms with E-state index in [0.717, 1.165) is 58.6 Å². The lowest BCUT2D eigenvalue weighted by atomic mass is 9.94. The number of hydrogen-bond donors (Lipinski definition) is 0. The Morgan fingerprint density at radius 1 is 1.12 bits per heavy atom. The first-order valence-electron chi connectivity index (χ1n) is 9.48. The molecular weight excluding hydrogens is 306 g/mol. The lowest BCUT2D eigenvalue weighted by Gasteiger charge is -2.40. The Morgan fingerprint density at radius 3 is 2.50 bits per heavy atom. The highest BCUT2D eigenvalue weighted by atomic mass is 16.5. The monoisotopic (exact) mass is 337 g/mol. The van der Waals surface area contributed by atoms with Crippen molar-refractivity contribution in [3.8, 4) is 0 Å². The van der Waals surface area contributed by atoms with Gasteiger partial charge in [0.15, 0.2) is 0 Å². The lowest BCUT2D eigenvalue weighted by Crippen LogP contribution is -2.54. The van der Waals surface area contributed by atoms with E-state index in [9.17, 15) is 9.59 Å². The van der Waals surface area contributed by atoms with Gasteiger partial charge in [0, 0.05) is 58.8 Å². The molecule has 0 aromatic heterocycles. The van der Waals surface area contributed by atoms with Crippen LogP contribution in [0, 0.1) is 5.92 Å². The van der Waals surface area contributed by atoms with Crippen LogP contribution in [0.2, 0.25) is 0 Å². The van der Waals surface area contributed by atoms with Gasteiger partial charge in [0.05, 0.1) is 12.5 Å². The first-order valence-corrected chi connectivity index (χ1v) is 9.48. The van der Waals surface area contributed by atoms with Crippen molar-refractivity contribution in [2.24, 2.45) is 5.92 Å². The van der Waals surface area contributed by atoms with Gasteiger partial charge in [-0.3, -0.25) is 14.5 Å². The molecule has 2 aliphatic heterocycles. The SMILES string of the molecule is COCCN1CCN(C(=O)[C@@H]2CCC(=O)N(C3CCCC3)C2)CC1. The number of likely N-dealkylation sites (tertiary alicyclic amines) is 1. The molecule has 3 rings (SSSR count). The highest BCUT2D eigenvalue weighted by Gasteiger charge is 2.37. The van der Waals surface area contributed by atoms with Crippen LogP contribution in [-0.2, 0) is 14.3 Å². The van der Waals surface area contributed by atoms with Crippen LogP contribution in [-0.4, -0.2) is 85.5 Å². The van der Waals surface area contributed by atoms with E-state index in [2.05, 4.69) is 4.90 Å². The maximum absolute atomic E-state index is 12.9. The summed E-state index contributed by atoms with van der Waals surface area (Å²) in [5.41, 5.74) is 0. The summed E-state index contributed by atoms with van der Waals surface area (Å²) in [5, 5.41) is 0. The van der Waals surface area contributed by atoms with E-state index < -0.39 is 0 Å². The Labute approximate surface area is 145 Å². The molecule has 136 valence electrons. The van der Waals surface area contributed by atoms with Gasteiger partial charge in [-0.1, -0.05) is 12.8 Å². The summed E-state index contributed by atoms with van der Waals surface area (Å²) in [7, 11) is 1.72. The molecule has 6 heteroatoms. The van der Waals surface area contributed by atoms with E-state index in [-0.39, 0.29) is 17.7 Å². The van der Waals surface area contributed by atoms with Crippen molar-refractivity contribution in [1.82, 2.24) is 14.7 Å². The molecule has 0 aromatic carbocycles. The molecule has 3 fully saturated rings. The Hall–Kier alpha value is -1.14. The highest BCUT2D eigenvalue weighted by molar-refractivity contribution is 5.84. The molecule has 2 saturated heterocycles. The predicted octanol–water partition coefficient (Wildman–Crippen LogP) is 0.958. The maximum atomic E-state index is 12.9. The van der Waals surface area contributed by atoms with Crippen LogP contribution >= 0.6 is 0 Å². The van der Waals surface area contributed by atoms with Crippen LogP contribution in [0.15, 0.2) is 0 Å². The smallest absolute Gasteiger partial charge is 0.227 e. The normalized spacial score (nSPS) is 27.0. The number of methoxy groups -OCH3 is 1. The largest absolute Gasteiger partial charge is 0.383 e. The molecule has 1 atom stereocenters. The van der Waals surface area contributed by atoms with Crippen molar-refractivity contribution in [2.75, 3.05) is 53.0 Å². The van der Waals surface area contributed by atoms with Gasteiger partial charge in [-0.2, -0.15) is 0 Å². The highest BCUT2D eigenvalue weighted by Crippen LogP contribution is 2.29. The second kappa shape index (κ2) is 8.30. The van der Waals surface area contributed by atoms with Crippen LogP contribution < -0.4 is 0 Å². The van der Waals surface area contributed by atoms with E-state index >= 15 is 0 Å². The molecule has 0 radical (unpaired) electrons. The van der Waals surface area contributed by atoms with E-state index in [1.807, 2.05) is 9.80 Å². The second-order valence-electron chi connectivity index (χ2n) is 7.38. The van der Waals surface area contributed by atoms with Crippen LogP contribution in [0.25, 0.3) is 0 Å². The minimum absolute atomic E-state index is 0.00817. The lowest BCUT2D eigenvalue weighted by molar-refractivity contribution is -0.145. The molecule has 1 aliphatic carbocycles. The van der Waals surface area contributed by atoms with Crippen molar-refractivity contribution < 1.29 is 14.3 Å². The molecule has 24 heavy (non-hydrogen) atoms. The number of piperidine rings is 1. The number of nitrogens with zero attached hydrogens (tertiary/aromatic N) is 3. The quantitative estimate of drug-likeness (QED) is 0.750. The minimum atomic E-state index is 0.00817. The molecule has 0 unspecified atom stereocenters. The number of ether oxygens (including phenoxy) is 1. The summed E-state index contributed by atoms with van der Waals surface area (Å²) < 4.78 is 5.12. The van der Waals surface area contributed by atoms with Crippen molar-refractivity contribution in [3.05, 3.63) is 0 Å². The zero-order chi connectivity index (χ0) is 16.9. The molecule has 0 spiro atoms. The van der Waals surface area contributed by atoms with Crippen LogP contribution in [0.3, 0.4) is 0 Å². The fraction of sp³-hybridized carbons (Fsp3) is 0.889. The van der Waals surface area contributed by atoms with E-state index in [4.69, 9.17) is 4.74 Å². The zero-order valence-electron chi connectivity index (χ0n) is 14.9. The summed E-state index contributed by atoms with van der Waals surface area (Å²) in [4.78, 5) is 31.5. The average molecular weight is 337 g/mol. The summed E-state index contributed by atoms with van der Waals surface area (Å²) in [6.07, 6.45) is 5.94. The number of carbonyl (C=O) groups excluding carboxylic acids is 2. The number of rotatable bonds is 5. The summed E-state index contributed by atoms with van der Waals surface area (Å²) in [5.74, 6) is 0.529. The fourth-order valence-electron chi connectivity index (χ4n) is 4.31. The Bertz CT molecular complexity index is 443. The minimum Gasteiger partial charge on any atom is -0.383 e. The average Bonchev–Trinajstić information content (AvgIpc) is 3.14. The van der Waals surface area contributed by atoms with Gasteiger partial charge < -0.3 is 14.5 Å². The Balaban J connectivity index is 1.50. The third-order valence-electron chi connectivity index (χ3n) is 5.85. The van der Waals surface area contributed by atoms with Crippen LogP contribution in [0.4, 0.5) is 0 Å².